The van der Waals surface area contributed by atoms with Crippen molar-refractivity contribution in [1.29, 1.82) is 0 Å². The summed E-state index contributed by atoms with van der Waals surface area (Å²) in [7, 11) is 0. The van der Waals surface area contributed by atoms with E-state index in [2.05, 4.69) is 9.72 Å². The number of pyridine rings is 1. The SMILES string of the molecule is O=C(O)c1ccncc1.OC[C@H]1OC(O)[C@H](O)[C@@H]1O. The molecule has 0 spiro atoms. The molecule has 1 aromatic heterocycles. The first-order chi connectivity index (χ1) is 8.97. The first-order valence-corrected chi connectivity index (χ1v) is 5.41. The number of ether oxygens (including phenoxy) is 1. The minimum absolute atomic E-state index is 0.269. The highest BCUT2D eigenvalue weighted by Crippen LogP contribution is 2.18. The van der Waals surface area contributed by atoms with Gasteiger partial charge in [-0.1, -0.05) is 0 Å². The molecule has 2 rings (SSSR count). The summed E-state index contributed by atoms with van der Waals surface area (Å²) in [5.74, 6) is -0.919. The molecule has 2 heterocycles. The van der Waals surface area contributed by atoms with Crippen molar-refractivity contribution in [3.63, 3.8) is 0 Å². The standard InChI is InChI=1S/C6H5NO2.C5H10O5/c8-6(9)5-1-3-7-4-2-5;6-1-2-3(7)4(8)5(9)10-2/h1-4H,(H,8,9);2-9H,1H2/t;2-,3-,4-,5?/m.1/s1. The summed E-state index contributed by atoms with van der Waals surface area (Å²) in [4.78, 5) is 13.8. The summed E-state index contributed by atoms with van der Waals surface area (Å²) in [6.45, 7) is -0.407. The highest BCUT2D eigenvalue weighted by molar-refractivity contribution is 5.87. The Labute approximate surface area is 108 Å². The summed E-state index contributed by atoms with van der Waals surface area (Å²) >= 11 is 0. The van der Waals surface area contributed by atoms with Crippen LogP contribution < -0.4 is 0 Å². The number of nitrogens with zero attached hydrogens (tertiary/aromatic N) is 1. The maximum Gasteiger partial charge on any atom is 0.335 e. The minimum atomic E-state index is -1.38. The topological polar surface area (TPSA) is 140 Å². The zero-order valence-electron chi connectivity index (χ0n) is 9.83. The van der Waals surface area contributed by atoms with E-state index in [1.54, 1.807) is 0 Å². The van der Waals surface area contributed by atoms with E-state index in [1.165, 1.54) is 24.5 Å². The Morgan fingerprint density at radius 1 is 1.21 bits per heavy atom. The zero-order chi connectivity index (χ0) is 14.4. The molecular weight excluding hydrogens is 258 g/mol. The predicted molar refractivity (Wildman–Crippen MR) is 61.2 cm³/mol. The van der Waals surface area contributed by atoms with Crippen molar-refractivity contribution in [2.45, 2.75) is 24.6 Å². The summed E-state index contributed by atoms with van der Waals surface area (Å²) in [5, 5.41) is 43.3. The van der Waals surface area contributed by atoms with E-state index in [-0.39, 0.29) is 5.56 Å². The second-order valence-electron chi connectivity index (χ2n) is 3.77. The van der Waals surface area contributed by atoms with Crippen LogP contribution in [0.1, 0.15) is 10.4 Å². The van der Waals surface area contributed by atoms with E-state index in [1.807, 2.05) is 0 Å². The van der Waals surface area contributed by atoms with Crippen LogP contribution >= 0.6 is 0 Å². The average Bonchev–Trinajstić information content (AvgIpc) is 2.67. The number of aromatic nitrogens is 1. The molecule has 1 fully saturated rings. The van der Waals surface area contributed by atoms with Crippen LogP contribution in [0.5, 0.6) is 0 Å². The van der Waals surface area contributed by atoms with Gasteiger partial charge in [0.15, 0.2) is 6.29 Å². The molecule has 0 saturated carbocycles. The number of carbonyl (C=O) groups is 1. The van der Waals surface area contributed by atoms with Gasteiger partial charge in [-0.3, -0.25) is 4.98 Å². The van der Waals surface area contributed by atoms with Crippen LogP contribution in [0.15, 0.2) is 24.5 Å². The van der Waals surface area contributed by atoms with Gasteiger partial charge in [0, 0.05) is 12.4 Å². The first-order valence-electron chi connectivity index (χ1n) is 5.41. The molecule has 8 heteroatoms. The molecule has 19 heavy (non-hydrogen) atoms. The number of aliphatic hydroxyl groups is 4. The Balaban J connectivity index is 0.000000191. The molecule has 5 N–H and O–H groups in total. The maximum atomic E-state index is 10.2. The van der Waals surface area contributed by atoms with Crippen molar-refractivity contribution in [1.82, 2.24) is 4.98 Å². The Hall–Kier alpha value is -1.58. The van der Waals surface area contributed by atoms with Crippen LogP contribution in [0, 0.1) is 0 Å². The smallest absolute Gasteiger partial charge is 0.335 e. The molecule has 0 radical (unpaired) electrons. The van der Waals surface area contributed by atoms with Crippen LogP contribution in [0.3, 0.4) is 0 Å². The summed E-state index contributed by atoms with van der Waals surface area (Å²) < 4.78 is 4.54. The van der Waals surface area contributed by atoms with E-state index < -0.39 is 37.2 Å². The third-order valence-electron chi connectivity index (χ3n) is 2.44. The Kier molecular flexibility index (Phi) is 5.80. The molecule has 106 valence electrons. The van der Waals surface area contributed by atoms with Crippen molar-refractivity contribution in [3.8, 4) is 0 Å². The lowest BCUT2D eigenvalue weighted by Gasteiger charge is -2.09. The molecule has 1 aliphatic heterocycles. The number of rotatable bonds is 2. The molecule has 1 aliphatic rings. The number of aliphatic hydroxyl groups excluding tert-OH is 4. The molecule has 8 nitrogen and oxygen atoms in total. The third-order valence-corrected chi connectivity index (χ3v) is 2.44. The first kappa shape index (κ1) is 15.5. The van der Waals surface area contributed by atoms with Crippen LogP contribution in [-0.2, 0) is 4.74 Å². The second kappa shape index (κ2) is 7.12. The van der Waals surface area contributed by atoms with Gasteiger partial charge < -0.3 is 30.3 Å². The van der Waals surface area contributed by atoms with Gasteiger partial charge in [-0.15, -0.1) is 0 Å². The van der Waals surface area contributed by atoms with E-state index >= 15 is 0 Å². The van der Waals surface area contributed by atoms with E-state index in [4.69, 9.17) is 25.5 Å². The number of hydrogen-bond donors (Lipinski definition) is 5. The van der Waals surface area contributed by atoms with Gasteiger partial charge in [0.05, 0.1) is 12.2 Å². The van der Waals surface area contributed by atoms with Crippen LogP contribution in [0.2, 0.25) is 0 Å². The van der Waals surface area contributed by atoms with Crippen molar-refractivity contribution in [3.05, 3.63) is 30.1 Å². The third kappa shape index (κ3) is 4.23. The lowest BCUT2D eigenvalue weighted by molar-refractivity contribution is -0.132. The molecular formula is C11H15NO7. The molecule has 0 aromatic carbocycles. The van der Waals surface area contributed by atoms with Crippen LogP contribution in [0.25, 0.3) is 0 Å². The number of hydrogen-bond acceptors (Lipinski definition) is 7. The Morgan fingerprint density at radius 3 is 2.05 bits per heavy atom. The van der Waals surface area contributed by atoms with Gasteiger partial charge >= 0.3 is 5.97 Å². The molecule has 0 bridgehead atoms. The van der Waals surface area contributed by atoms with Crippen molar-refractivity contribution in [2.24, 2.45) is 0 Å². The molecule has 0 amide bonds. The highest BCUT2D eigenvalue weighted by atomic mass is 16.6. The molecule has 1 saturated heterocycles. The molecule has 0 aliphatic carbocycles. The van der Waals surface area contributed by atoms with Crippen molar-refractivity contribution >= 4 is 5.97 Å². The van der Waals surface area contributed by atoms with Gasteiger partial charge in [0.2, 0.25) is 0 Å². The van der Waals surface area contributed by atoms with Gasteiger partial charge in [0.1, 0.15) is 18.3 Å². The van der Waals surface area contributed by atoms with Gasteiger partial charge in [0.25, 0.3) is 0 Å². The van der Waals surface area contributed by atoms with Crippen molar-refractivity contribution in [2.75, 3.05) is 6.61 Å². The summed E-state index contributed by atoms with van der Waals surface area (Å²) in [5.41, 5.74) is 0.269. The lowest BCUT2D eigenvalue weighted by Crippen LogP contribution is -2.33. The van der Waals surface area contributed by atoms with E-state index in [0.717, 1.165) is 0 Å². The van der Waals surface area contributed by atoms with Crippen LogP contribution in [0.4, 0.5) is 0 Å². The molecule has 1 aromatic rings. The average molecular weight is 273 g/mol. The lowest BCUT2D eigenvalue weighted by atomic mass is 10.1. The van der Waals surface area contributed by atoms with Crippen LogP contribution in [-0.4, -0.2) is 67.7 Å². The predicted octanol–water partition coefficient (Wildman–Crippen LogP) is -1.80. The number of carboxylic acid groups (broad SMARTS) is 1. The highest BCUT2D eigenvalue weighted by Gasteiger charge is 2.41. The molecule has 4 atom stereocenters. The zero-order valence-corrected chi connectivity index (χ0v) is 9.83. The number of aromatic carboxylic acids is 1. The summed E-state index contributed by atoms with van der Waals surface area (Å²) in [6.07, 6.45) is -1.86. The van der Waals surface area contributed by atoms with Gasteiger partial charge in [-0.25, -0.2) is 4.79 Å². The fraction of sp³-hybridized carbons (Fsp3) is 0.455. The summed E-state index contributed by atoms with van der Waals surface area (Å²) in [6, 6.07) is 2.89. The fourth-order valence-corrected chi connectivity index (χ4v) is 1.37. The normalized spacial score (nSPS) is 29.5. The fourth-order valence-electron chi connectivity index (χ4n) is 1.37. The van der Waals surface area contributed by atoms with E-state index in [9.17, 15) is 4.79 Å². The maximum absolute atomic E-state index is 10.2. The Bertz CT molecular complexity index is 399. The largest absolute Gasteiger partial charge is 0.478 e. The van der Waals surface area contributed by atoms with Gasteiger partial charge in [-0.2, -0.15) is 0 Å². The minimum Gasteiger partial charge on any atom is -0.478 e. The Morgan fingerprint density at radius 2 is 1.79 bits per heavy atom. The number of carboxylic acids is 1. The quantitative estimate of drug-likeness (QED) is 0.425. The molecule has 1 unspecified atom stereocenters. The monoisotopic (exact) mass is 273 g/mol. The van der Waals surface area contributed by atoms with Crippen molar-refractivity contribution < 1.29 is 35.1 Å². The second-order valence-corrected chi connectivity index (χ2v) is 3.77. The van der Waals surface area contributed by atoms with Gasteiger partial charge in [-0.05, 0) is 12.1 Å². The van der Waals surface area contributed by atoms with E-state index in [0.29, 0.717) is 0 Å².